The monoisotopic (exact) mass is 185 g/mol. The maximum atomic E-state index is 11.3. The Morgan fingerprint density at radius 3 is 2.92 bits per heavy atom. The summed E-state index contributed by atoms with van der Waals surface area (Å²) in [7, 11) is 1.47. The maximum absolute atomic E-state index is 11.3. The van der Waals surface area contributed by atoms with Crippen molar-refractivity contribution in [3.8, 4) is 0 Å². The third kappa shape index (κ3) is 2.99. The van der Waals surface area contributed by atoms with Gasteiger partial charge >= 0.3 is 5.97 Å². The molecule has 2 atom stereocenters. The van der Waals surface area contributed by atoms with Crippen molar-refractivity contribution in [2.24, 2.45) is 5.92 Å². The van der Waals surface area contributed by atoms with E-state index < -0.39 is 0 Å². The minimum Gasteiger partial charge on any atom is -0.469 e. The quantitative estimate of drug-likeness (QED) is 0.674. The van der Waals surface area contributed by atoms with Crippen molar-refractivity contribution < 1.29 is 9.53 Å². The molecule has 0 unspecified atom stereocenters. The molecule has 1 fully saturated rings. The molecule has 0 spiro atoms. The standard InChI is InChI=1S/C10H19NO2/c1-3-11-9-6-4-5-8(7-9)10(12)13-2/h8-9,11H,3-7H2,1-2H3/t8-,9+/m1/s1. The van der Waals surface area contributed by atoms with Gasteiger partial charge in [0.2, 0.25) is 0 Å². The Balaban J connectivity index is 2.37. The van der Waals surface area contributed by atoms with E-state index in [1.54, 1.807) is 0 Å². The highest BCUT2D eigenvalue weighted by Crippen LogP contribution is 2.24. The first-order valence-electron chi connectivity index (χ1n) is 5.09. The Bertz CT molecular complexity index is 168. The highest BCUT2D eigenvalue weighted by Gasteiger charge is 2.26. The molecule has 0 aromatic heterocycles. The first kappa shape index (κ1) is 10.5. The van der Waals surface area contributed by atoms with Crippen LogP contribution in [-0.2, 0) is 9.53 Å². The van der Waals surface area contributed by atoms with Gasteiger partial charge in [0, 0.05) is 6.04 Å². The van der Waals surface area contributed by atoms with E-state index in [0.29, 0.717) is 6.04 Å². The summed E-state index contributed by atoms with van der Waals surface area (Å²) in [6, 6.07) is 0.517. The van der Waals surface area contributed by atoms with Gasteiger partial charge in [-0.05, 0) is 25.8 Å². The first-order valence-corrected chi connectivity index (χ1v) is 5.09. The summed E-state index contributed by atoms with van der Waals surface area (Å²) >= 11 is 0. The lowest BCUT2D eigenvalue weighted by Crippen LogP contribution is -2.36. The molecule has 0 aromatic rings. The lowest BCUT2D eigenvalue weighted by atomic mass is 9.86. The van der Waals surface area contributed by atoms with Gasteiger partial charge in [0.25, 0.3) is 0 Å². The van der Waals surface area contributed by atoms with Gasteiger partial charge in [-0.25, -0.2) is 0 Å². The zero-order valence-electron chi connectivity index (χ0n) is 8.51. The van der Waals surface area contributed by atoms with Gasteiger partial charge in [-0.3, -0.25) is 4.79 Å². The summed E-state index contributed by atoms with van der Waals surface area (Å²) < 4.78 is 4.75. The fourth-order valence-corrected chi connectivity index (χ4v) is 2.04. The number of carbonyl (C=O) groups is 1. The van der Waals surface area contributed by atoms with Crippen LogP contribution in [0.15, 0.2) is 0 Å². The van der Waals surface area contributed by atoms with Crippen LogP contribution >= 0.6 is 0 Å². The Labute approximate surface area is 79.8 Å². The molecule has 1 rings (SSSR count). The number of rotatable bonds is 3. The van der Waals surface area contributed by atoms with E-state index >= 15 is 0 Å². The van der Waals surface area contributed by atoms with E-state index in [0.717, 1.165) is 25.8 Å². The fraction of sp³-hybridized carbons (Fsp3) is 0.900. The van der Waals surface area contributed by atoms with Crippen LogP contribution < -0.4 is 5.32 Å². The number of esters is 1. The minimum absolute atomic E-state index is 0.0393. The van der Waals surface area contributed by atoms with E-state index in [-0.39, 0.29) is 11.9 Å². The number of carbonyl (C=O) groups excluding carboxylic acids is 1. The van der Waals surface area contributed by atoms with E-state index in [2.05, 4.69) is 12.2 Å². The van der Waals surface area contributed by atoms with Crippen LogP contribution in [0.4, 0.5) is 0 Å². The molecule has 1 N–H and O–H groups in total. The Hall–Kier alpha value is -0.570. The zero-order valence-corrected chi connectivity index (χ0v) is 8.51. The molecule has 1 aliphatic rings. The molecule has 13 heavy (non-hydrogen) atoms. The molecule has 0 aromatic carbocycles. The van der Waals surface area contributed by atoms with Crippen LogP contribution in [0.25, 0.3) is 0 Å². The number of methoxy groups -OCH3 is 1. The van der Waals surface area contributed by atoms with Crippen molar-refractivity contribution in [3.63, 3.8) is 0 Å². The average Bonchev–Trinajstić information content (AvgIpc) is 2.18. The molecule has 76 valence electrons. The third-order valence-electron chi connectivity index (χ3n) is 2.70. The Morgan fingerprint density at radius 1 is 1.54 bits per heavy atom. The molecular formula is C10H19NO2. The lowest BCUT2D eigenvalue weighted by Gasteiger charge is -2.27. The van der Waals surface area contributed by atoms with Crippen LogP contribution in [0.3, 0.4) is 0 Å². The Kier molecular flexibility index (Phi) is 4.22. The average molecular weight is 185 g/mol. The van der Waals surface area contributed by atoms with E-state index in [4.69, 9.17) is 4.74 Å². The van der Waals surface area contributed by atoms with Gasteiger partial charge in [-0.1, -0.05) is 13.3 Å². The van der Waals surface area contributed by atoms with Gasteiger partial charge in [0.15, 0.2) is 0 Å². The van der Waals surface area contributed by atoms with Crippen LogP contribution in [0.1, 0.15) is 32.6 Å². The molecule has 3 heteroatoms. The zero-order chi connectivity index (χ0) is 9.68. The summed E-state index contributed by atoms with van der Waals surface area (Å²) in [5.41, 5.74) is 0. The second-order valence-electron chi connectivity index (χ2n) is 3.64. The molecule has 1 aliphatic carbocycles. The first-order chi connectivity index (χ1) is 6.27. The van der Waals surface area contributed by atoms with Crippen LogP contribution in [0.2, 0.25) is 0 Å². The summed E-state index contributed by atoms with van der Waals surface area (Å²) in [6.07, 6.45) is 4.27. The fourth-order valence-electron chi connectivity index (χ4n) is 2.04. The predicted molar refractivity (Wildman–Crippen MR) is 51.4 cm³/mol. The van der Waals surface area contributed by atoms with E-state index in [9.17, 15) is 4.79 Å². The normalized spacial score (nSPS) is 28.5. The van der Waals surface area contributed by atoms with Crippen LogP contribution in [-0.4, -0.2) is 25.7 Å². The predicted octanol–water partition coefficient (Wildman–Crippen LogP) is 1.33. The van der Waals surface area contributed by atoms with Crippen LogP contribution in [0, 0.1) is 5.92 Å². The molecule has 0 aliphatic heterocycles. The second-order valence-corrected chi connectivity index (χ2v) is 3.64. The SMILES string of the molecule is CCN[C@H]1CCC[C@@H](C(=O)OC)C1. The van der Waals surface area contributed by atoms with Crippen molar-refractivity contribution >= 4 is 5.97 Å². The third-order valence-corrected chi connectivity index (χ3v) is 2.70. The largest absolute Gasteiger partial charge is 0.469 e. The van der Waals surface area contributed by atoms with Gasteiger partial charge < -0.3 is 10.1 Å². The van der Waals surface area contributed by atoms with Crippen molar-refractivity contribution in [3.05, 3.63) is 0 Å². The topological polar surface area (TPSA) is 38.3 Å². The van der Waals surface area contributed by atoms with Crippen molar-refractivity contribution in [1.29, 1.82) is 0 Å². The maximum Gasteiger partial charge on any atom is 0.308 e. The molecule has 0 bridgehead atoms. The smallest absolute Gasteiger partial charge is 0.308 e. The summed E-state index contributed by atoms with van der Waals surface area (Å²) in [5, 5.41) is 3.39. The van der Waals surface area contributed by atoms with Gasteiger partial charge in [0.05, 0.1) is 13.0 Å². The number of ether oxygens (including phenoxy) is 1. The highest BCUT2D eigenvalue weighted by molar-refractivity contribution is 5.72. The molecule has 0 amide bonds. The summed E-state index contributed by atoms with van der Waals surface area (Å²) in [5.74, 6) is 0.0883. The summed E-state index contributed by atoms with van der Waals surface area (Å²) in [4.78, 5) is 11.3. The highest BCUT2D eigenvalue weighted by atomic mass is 16.5. The van der Waals surface area contributed by atoms with Crippen LogP contribution in [0.5, 0.6) is 0 Å². The van der Waals surface area contributed by atoms with Crippen molar-refractivity contribution in [2.75, 3.05) is 13.7 Å². The number of hydrogen-bond acceptors (Lipinski definition) is 3. The Morgan fingerprint density at radius 2 is 2.31 bits per heavy atom. The molecule has 0 saturated heterocycles. The lowest BCUT2D eigenvalue weighted by molar-refractivity contribution is -0.146. The number of hydrogen-bond donors (Lipinski definition) is 1. The molecular weight excluding hydrogens is 166 g/mol. The van der Waals surface area contributed by atoms with Gasteiger partial charge in [-0.15, -0.1) is 0 Å². The number of nitrogens with one attached hydrogen (secondary N) is 1. The van der Waals surface area contributed by atoms with Crippen molar-refractivity contribution in [1.82, 2.24) is 5.32 Å². The summed E-state index contributed by atoms with van der Waals surface area (Å²) in [6.45, 7) is 3.08. The van der Waals surface area contributed by atoms with E-state index in [1.807, 2.05) is 0 Å². The van der Waals surface area contributed by atoms with Gasteiger partial charge in [-0.2, -0.15) is 0 Å². The molecule has 3 nitrogen and oxygen atoms in total. The second kappa shape index (κ2) is 5.22. The molecule has 1 saturated carbocycles. The minimum atomic E-state index is -0.0393. The molecule has 0 heterocycles. The van der Waals surface area contributed by atoms with Gasteiger partial charge in [0.1, 0.15) is 0 Å². The van der Waals surface area contributed by atoms with Crippen molar-refractivity contribution in [2.45, 2.75) is 38.6 Å². The molecule has 0 radical (unpaired) electrons. The van der Waals surface area contributed by atoms with E-state index in [1.165, 1.54) is 13.5 Å².